The van der Waals surface area contributed by atoms with Crippen LogP contribution in [0.3, 0.4) is 0 Å². The van der Waals surface area contributed by atoms with Crippen molar-refractivity contribution in [3.8, 4) is 0 Å². The van der Waals surface area contributed by atoms with Crippen molar-refractivity contribution in [3.63, 3.8) is 0 Å². The number of thiophene rings is 1. The number of aromatic nitrogens is 1. The van der Waals surface area contributed by atoms with E-state index in [2.05, 4.69) is 10.3 Å². The number of nitrogens with zero attached hydrogens (tertiary/aromatic N) is 2. The number of pyridine rings is 1. The van der Waals surface area contributed by atoms with Gasteiger partial charge in [-0.15, -0.1) is 11.3 Å². The zero-order valence-corrected chi connectivity index (χ0v) is 17.3. The Labute approximate surface area is 178 Å². The van der Waals surface area contributed by atoms with Gasteiger partial charge in [0.25, 0.3) is 5.91 Å². The highest BCUT2D eigenvalue weighted by Crippen LogP contribution is 2.37. The molecule has 1 N–H and O–H groups in total. The van der Waals surface area contributed by atoms with Crippen LogP contribution in [0.1, 0.15) is 22.6 Å². The van der Waals surface area contributed by atoms with Gasteiger partial charge in [-0.3, -0.25) is 19.9 Å². The van der Waals surface area contributed by atoms with Gasteiger partial charge in [0, 0.05) is 23.2 Å². The maximum Gasteiger partial charge on any atom is 0.335 e. The minimum Gasteiger partial charge on any atom is -0.276 e. The SMILES string of the molecule is Cc1ccc(N2C(=O)NC(=O)[C@](CCc3ccccn3)(Cc3cccs3)C2=O)cc1. The number of carbonyl (C=O) groups excluding carboxylic acids is 3. The molecule has 3 aromatic rings. The van der Waals surface area contributed by atoms with Crippen molar-refractivity contribution in [1.29, 1.82) is 0 Å². The summed E-state index contributed by atoms with van der Waals surface area (Å²) in [7, 11) is 0. The lowest BCUT2D eigenvalue weighted by Gasteiger charge is -2.39. The van der Waals surface area contributed by atoms with E-state index < -0.39 is 23.3 Å². The summed E-state index contributed by atoms with van der Waals surface area (Å²) in [5.74, 6) is -1.05. The highest BCUT2D eigenvalue weighted by atomic mass is 32.1. The monoisotopic (exact) mass is 419 g/mol. The minimum atomic E-state index is -1.39. The molecular formula is C23H21N3O3S. The topological polar surface area (TPSA) is 79.4 Å². The van der Waals surface area contributed by atoms with Crippen LogP contribution in [-0.2, 0) is 22.4 Å². The smallest absolute Gasteiger partial charge is 0.276 e. The molecule has 1 aromatic carbocycles. The predicted octanol–water partition coefficient (Wildman–Crippen LogP) is 3.90. The molecule has 1 atom stereocenters. The number of aryl methyl sites for hydroxylation is 2. The molecule has 0 radical (unpaired) electrons. The lowest BCUT2D eigenvalue weighted by Crippen LogP contribution is -2.65. The van der Waals surface area contributed by atoms with E-state index in [9.17, 15) is 14.4 Å². The van der Waals surface area contributed by atoms with E-state index in [1.807, 2.05) is 54.8 Å². The summed E-state index contributed by atoms with van der Waals surface area (Å²) in [6, 6.07) is 15.7. The van der Waals surface area contributed by atoms with Crippen molar-refractivity contribution in [3.05, 3.63) is 82.3 Å². The molecule has 1 aliphatic heterocycles. The number of rotatable bonds is 6. The number of imide groups is 2. The number of amides is 4. The summed E-state index contributed by atoms with van der Waals surface area (Å²) in [5, 5.41) is 4.34. The largest absolute Gasteiger partial charge is 0.335 e. The number of hydrogen-bond donors (Lipinski definition) is 1. The molecule has 7 heteroatoms. The van der Waals surface area contributed by atoms with Gasteiger partial charge in [0.2, 0.25) is 5.91 Å². The first-order valence-electron chi connectivity index (χ1n) is 9.68. The van der Waals surface area contributed by atoms with E-state index in [0.29, 0.717) is 12.1 Å². The second-order valence-corrected chi connectivity index (χ2v) is 8.43. The van der Waals surface area contributed by atoms with E-state index in [1.165, 1.54) is 11.3 Å². The number of barbiturate groups is 1. The summed E-state index contributed by atoms with van der Waals surface area (Å²) in [5.41, 5.74) is 0.868. The molecule has 152 valence electrons. The summed E-state index contributed by atoms with van der Waals surface area (Å²) in [6.45, 7) is 1.93. The molecule has 1 aliphatic rings. The van der Waals surface area contributed by atoms with Gasteiger partial charge in [-0.2, -0.15) is 0 Å². The Kier molecular flexibility index (Phi) is 5.46. The Balaban J connectivity index is 1.73. The first-order chi connectivity index (χ1) is 14.5. The van der Waals surface area contributed by atoms with Crippen LogP contribution in [-0.4, -0.2) is 22.8 Å². The normalized spacial score (nSPS) is 19.1. The fourth-order valence-electron chi connectivity index (χ4n) is 3.67. The molecular weight excluding hydrogens is 398 g/mol. The molecule has 4 amide bonds. The van der Waals surface area contributed by atoms with Crippen molar-refractivity contribution in [1.82, 2.24) is 10.3 Å². The van der Waals surface area contributed by atoms with Gasteiger partial charge in [-0.1, -0.05) is 29.8 Å². The average molecular weight is 420 g/mol. The van der Waals surface area contributed by atoms with Crippen LogP contribution in [0.2, 0.25) is 0 Å². The molecule has 1 fully saturated rings. The molecule has 30 heavy (non-hydrogen) atoms. The molecule has 0 aliphatic carbocycles. The Morgan fingerprint density at radius 1 is 1.03 bits per heavy atom. The number of anilines is 1. The fraction of sp³-hybridized carbons (Fsp3) is 0.217. The number of benzene rings is 1. The minimum absolute atomic E-state index is 0.234. The molecule has 0 saturated carbocycles. The Morgan fingerprint density at radius 3 is 2.50 bits per heavy atom. The standard InChI is InChI=1S/C23H21N3O3S/c1-16-7-9-18(10-8-16)26-21(28)23(20(27)25-22(26)29,15-19-6-4-14-30-19)12-11-17-5-2-3-13-24-17/h2-10,13-14H,11-12,15H2,1H3,(H,25,27,29)/t23-/m0/s1. The zero-order valence-electron chi connectivity index (χ0n) is 16.5. The van der Waals surface area contributed by atoms with Gasteiger partial charge < -0.3 is 0 Å². The third-order valence-corrected chi connectivity index (χ3v) is 6.23. The van der Waals surface area contributed by atoms with Gasteiger partial charge in [0.1, 0.15) is 5.41 Å². The average Bonchev–Trinajstić information content (AvgIpc) is 3.25. The Morgan fingerprint density at radius 2 is 1.83 bits per heavy atom. The van der Waals surface area contributed by atoms with E-state index >= 15 is 0 Å². The van der Waals surface area contributed by atoms with Gasteiger partial charge in [-0.25, -0.2) is 9.69 Å². The highest BCUT2D eigenvalue weighted by Gasteiger charge is 2.54. The van der Waals surface area contributed by atoms with Gasteiger partial charge in [-0.05, 0) is 55.5 Å². The van der Waals surface area contributed by atoms with E-state index in [1.54, 1.807) is 18.3 Å². The van der Waals surface area contributed by atoms with Crippen molar-refractivity contribution < 1.29 is 14.4 Å². The van der Waals surface area contributed by atoms with Crippen molar-refractivity contribution in [2.24, 2.45) is 5.41 Å². The van der Waals surface area contributed by atoms with Gasteiger partial charge >= 0.3 is 6.03 Å². The van der Waals surface area contributed by atoms with Crippen LogP contribution < -0.4 is 10.2 Å². The third kappa shape index (κ3) is 3.76. The molecule has 1 saturated heterocycles. The number of carbonyl (C=O) groups is 3. The fourth-order valence-corrected chi connectivity index (χ4v) is 4.49. The summed E-state index contributed by atoms with van der Waals surface area (Å²) in [4.78, 5) is 45.8. The van der Waals surface area contributed by atoms with Crippen LogP contribution >= 0.6 is 11.3 Å². The zero-order chi connectivity index (χ0) is 21.1. The summed E-state index contributed by atoms with van der Waals surface area (Å²) in [6.07, 6.45) is 2.62. The second kappa shape index (κ2) is 8.20. The predicted molar refractivity (Wildman–Crippen MR) is 115 cm³/mol. The van der Waals surface area contributed by atoms with E-state index in [4.69, 9.17) is 0 Å². The third-order valence-electron chi connectivity index (χ3n) is 5.35. The van der Waals surface area contributed by atoms with Crippen LogP contribution in [0.25, 0.3) is 0 Å². The lowest BCUT2D eigenvalue weighted by atomic mass is 9.75. The number of urea groups is 1. The quantitative estimate of drug-likeness (QED) is 0.615. The first kappa shape index (κ1) is 20.0. The van der Waals surface area contributed by atoms with Crippen molar-refractivity contribution >= 4 is 34.9 Å². The van der Waals surface area contributed by atoms with Gasteiger partial charge in [0.05, 0.1) is 5.69 Å². The van der Waals surface area contributed by atoms with Crippen LogP contribution in [0.5, 0.6) is 0 Å². The van der Waals surface area contributed by atoms with Crippen LogP contribution in [0.4, 0.5) is 10.5 Å². The van der Waals surface area contributed by atoms with Gasteiger partial charge in [0.15, 0.2) is 0 Å². The Bertz CT molecular complexity index is 1060. The van der Waals surface area contributed by atoms with Crippen LogP contribution in [0, 0.1) is 12.3 Å². The first-order valence-corrected chi connectivity index (χ1v) is 10.6. The maximum absolute atomic E-state index is 13.7. The van der Waals surface area contributed by atoms with Crippen molar-refractivity contribution in [2.75, 3.05) is 4.90 Å². The Hall–Kier alpha value is -3.32. The number of hydrogen-bond acceptors (Lipinski definition) is 5. The molecule has 6 nitrogen and oxygen atoms in total. The molecule has 0 unspecified atom stereocenters. The van der Waals surface area contributed by atoms with Crippen LogP contribution in [0.15, 0.2) is 66.2 Å². The summed E-state index contributed by atoms with van der Waals surface area (Å²) < 4.78 is 0. The highest BCUT2D eigenvalue weighted by molar-refractivity contribution is 7.09. The maximum atomic E-state index is 13.7. The van der Waals surface area contributed by atoms with Crippen molar-refractivity contribution in [2.45, 2.75) is 26.2 Å². The lowest BCUT2D eigenvalue weighted by molar-refractivity contribution is -0.143. The molecule has 2 aromatic heterocycles. The van der Waals surface area contributed by atoms with E-state index in [0.717, 1.165) is 21.0 Å². The van der Waals surface area contributed by atoms with E-state index in [-0.39, 0.29) is 12.8 Å². The molecule has 0 bridgehead atoms. The molecule has 3 heterocycles. The molecule has 0 spiro atoms. The summed E-state index contributed by atoms with van der Waals surface area (Å²) >= 11 is 1.49. The molecule has 4 rings (SSSR count). The second-order valence-electron chi connectivity index (χ2n) is 7.39. The number of nitrogens with one attached hydrogen (secondary N) is 1.